The van der Waals surface area contributed by atoms with E-state index in [1.54, 1.807) is 12.3 Å². The molecule has 2 aliphatic rings. The summed E-state index contributed by atoms with van der Waals surface area (Å²) in [7, 11) is 0. The second-order valence-electron chi connectivity index (χ2n) is 4.67. The third-order valence-electron chi connectivity index (χ3n) is 3.59. The predicted octanol–water partition coefficient (Wildman–Crippen LogP) is 0.475. The van der Waals surface area contributed by atoms with E-state index in [2.05, 4.69) is 9.88 Å². The van der Waals surface area contributed by atoms with Crippen LogP contribution in [0.4, 0.5) is 11.5 Å². The largest absolute Gasteiger partial charge is 0.399 e. The highest BCUT2D eigenvalue weighted by molar-refractivity contribution is 5.79. The van der Waals surface area contributed by atoms with Crippen molar-refractivity contribution in [1.29, 1.82) is 0 Å². The summed E-state index contributed by atoms with van der Waals surface area (Å²) in [5.41, 5.74) is 6.50. The van der Waals surface area contributed by atoms with E-state index in [-0.39, 0.29) is 0 Å². The van der Waals surface area contributed by atoms with Crippen LogP contribution in [0.15, 0.2) is 18.3 Å². The zero-order valence-corrected chi connectivity index (χ0v) is 9.67. The van der Waals surface area contributed by atoms with Crippen LogP contribution in [0.2, 0.25) is 0 Å². The molecule has 1 atom stereocenters. The topological polar surface area (TPSA) is 62.5 Å². The van der Waals surface area contributed by atoms with Crippen LogP contribution in [-0.2, 0) is 4.79 Å². The average Bonchev–Trinajstić information content (AvgIpc) is 2.71. The Balaban J connectivity index is 1.77. The third-order valence-corrected chi connectivity index (χ3v) is 3.59. The van der Waals surface area contributed by atoms with Gasteiger partial charge in [-0.3, -0.25) is 4.79 Å². The molecule has 1 aromatic heterocycles. The van der Waals surface area contributed by atoms with Crippen molar-refractivity contribution in [2.24, 2.45) is 0 Å². The summed E-state index contributed by atoms with van der Waals surface area (Å²) < 4.78 is 0. The molecule has 5 nitrogen and oxygen atoms in total. The van der Waals surface area contributed by atoms with Crippen molar-refractivity contribution in [2.45, 2.75) is 18.9 Å². The molecule has 3 heterocycles. The number of nitrogens with zero attached hydrogens (tertiary/aromatic N) is 3. The van der Waals surface area contributed by atoms with Crippen molar-refractivity contribution in [1.82, 2.24) is 9.88 Å². The van der Waals surface area contributed by atoms with Gasteiger partial charge in [0.1, 0.15) is 5.82 Å². The molecule has 2 saturated heterocycles. The van der Waals surface area contributed by atoms with E-state index in [0.717, 1.165) is 37.6 Å². The van der Waals surface area contributed by atoms with Crippen molar-refractivity contribution in [3.8, 4) is 0 Å². The normalized spacial score (nSPS) is 24.0. The van der Waals surface area contributed by atoms with Crippen LogP contribution >= 0.6 is 0 Å². The molecule has 0 radical (unpaired) electrons. The van der Waals surface area contributed by atoms with Crippen molar-refractivity contribution in [2.75, 3.05) is 30.3 Å². The summed E-state index contributed by atoms with van der Waals surface area (Å²) in [6.45, 7) is 2.53. The Kier molecular flexibility index (Phi) is 2.39. The number of aromatic nitrogens is 1. The highest BCUT2D eigenvalue weighted by atomic mass is 16.2. The molecule has 2 aliphatic heterocycles. The summed E-state index contributed by atoms with van der Waals surface area (Å²) in [5, 5.41) is 0. The van der Waals surface area contributed by atoms with Gasteiger partial charge < -0.3 is 15.5 Å². The van der Waals surface area contributed by atoms with Gasteiger partial charge in [0.05, 0.1) is 0 Å². The second-order valence-corrected chi connectivity index (χ2v) is 4.67. The van der Waals surface area contributed by atoms with Gasteiger partial charge in [0.25, 0.3) is 0 Å². The van der Waals surface area contributed by atoms with Gasteiger partial charge in [-0.25, -0.2) is 4.98 Å². The van der Waals surface area contributed by atoms with Crippen LogP contribution in [0.25, 0.3) is 0 Å². The Morgan fingerprint density at radius 3 is 3.12 bits per heavy atom. The summed E-state index contributed by atoms with van der Waals surface area (Å²) >= 11 is 0. The highest BCUT2D eigenvalue weighted by Gasteiger charge is 2.35. The number of rotatable bonds is 1. The number of fused-ring (bicyclic) bond motifs is 1. The predicted molar refractivity (Wildman–Crippen MR) is 65.6 cm³/mol. The van der Waals surface area contributed by atoms with Crippen LogP contribution in [0, 0.1) is 0 Å². The average molecular weight is 232 g/mol. The van der Waals surface area contributed by atoms with E-state index in [4.69, 9.17) is 5.73 Å². The zero-order valence-electron chi connectivity index (χ0n) is 9.67. The van der Waals surface area contributed by atoms with E-state index < -0.39 is 0 Å². The number of pyridine rings is 1. The fourth-order valence-electron chi connectivity index (χ4n) is 2.68. The van der Waals surface area contributed by atoms with Gasteiger partial charge in [-0.2, -0.15) is 0 Å². The van der Waals surface area contributed by atoms with E-state index in [0.29, 0.717) is 18.4 Å². The molecule has 5 heteroatoms. The van der Waals surface area contributed by atoms with E-state index in [9.17, 15) is 4.79 Å². The fraction of sp³-hybridized carbons (Fsp3) is 0.500. The number of carbonyl (C=O) groups excluding carboxylic acids is 1. The lowest BCUT2D eigenvalue weighted by Crippen LogP contribution is -2.51. The monoisotopic (exact) mass is 232 g/mol. The second kappa shape index (κ2) is 3.91. The number of amides is 1. The van der Waals surface area contributed by atoms with Crippen molar-refractivity contribution < 1.29 is 4.79 Å². The fourth-order valence-corrected chi connectivity index (χ4v) is 2.68. The first kappa shape index (κ1) is 10.4. The lowest BCUT2D eigenvalue weighted by molar-refractivity contribution is -0.129. The standard InChI is InChI=1S/C12H16N4O/c13-9-3-4-14-11(7-9)15-5-6-16-10(8-15)1-2-12(16)17/h3-4,7,10H,1-2,5-6,8H2,(H2,13,14). The molecule has 0 aromatic carbocycles. The van der Waals surface area contributed by atoms with Gasteiger partial charge in [-0.15, -0.1) is 0 Å². The van der Waals surface area contributed by atoms with Gasteiger partial charge in [-0.1, -0.05) is 0 Å². The van der Waals surface area contributed by atoms with Crippen molar-refractivity contribution in [3.05, 3.63) is 18.3 Å². The van der Waals surface area contributed by atoms with Crippen LogP contribution in [0.5, 0.6) is 0 Å². The molecule has 1 aromatic rings. The molecule has 0 aliphatic carbocycles. The smallest absolute Gasteiger partial charge is 0.223 e. The summed E-state index contributed by atoms with van der Waals surface area (Å²) in [6.07, 6.45) is 3.40. The lowest BCUT2D eigenvalue weighted by Gasteiger charge is -2.38. The summed E-state index contributed by atoms with van der Waals surface area (Å²) in [5.74, 6) is 1.22. The maximum atomic E-state index is 11.6. The van der Waals surface area contributed by atoms with Crippen molar-refractivity contribution >= 4 is 17.4 Å². The molecular formula is C12H16N4O. The Bertz CT molecular complexity index is 448. The zero-order chi connectivity index (χ0) is 11.8. The molecular weight excluding hydrogens is 216 g/mol. The Hall–Kier alpha value is -1.78. The van der Waals surface area contributed by atoms with Crippen LogP contribution in [0.3, 0.4) is 0 Å². The number of hydrogen-bond acceptors (Lipinski definition) is 4. The third kappa shape index (κ3) is 1.81. The molecule has 1 amide bonds. The number of carbonyl (C=O) groups is 1. The maximum absolute atomic E-state index is 11.6. The Morgan fingerprint density at radius 1 is 1.41 bits per heavy atom. The summed E-state index contributed by atoms with van der Waals surface area (Å²) in [6, 6.07) is 4.05. The molecule has 0 bridgehead atoms. The molecule has 90 valence electrons. The van der Waals surface area contributed by atoms with E-state index in [1.165, 1.54) is 0 Å². The van der Waals surface area contributed by atoms with Crippen molar-refractivity contribution in [3.63, 3.8) is 0 Å². The van der Waals surface area contributed by atoms with E-state index >= 15 is 0 Å². The number of nitrogen functional groups attached to an aromatic ring is 1. The van der Waals surface area contributed by atoms with E-state index in [1.807, 2.05) is 11.0 Å². The number of piperazine rings is 1. The van der Waals surface area contributed by atoms with Crippen LogP contribution in [0.1, 0.15) is 12.8 Å². The minimum absolute atomic E-state index is 0.301. The minimum Gasteiger partial charge on any atom is -0.399 e. The Morgan fingerprint density at radius 2 is 2.29 bits per heavy atom. The molecule has 0 spiro atoms. The maximum Gasteiger partial charge on any atom is 0.223 e. The van der Waals surface area contributed by atoms with Gasteiger partial charge in [-0.05, 0) is 12.5 Å². The van der Waals surface area contributed by atoms with Gasteiger partial charge in [0.2, 0.25) is 5.91 Å². The lowest BCUT2D eigenvalue weighted by atomic mass is 10.1. The molecule has 3 rings (SSSR count). The quantitative estimate of drug-likeness (QED) is 0.764. The first-order chi connectivity index (χ1) is 8.24. The number of hydrogen-bond donors (Lipinski definition) is 1. The SMILES string of the molecule is Nc1ccnc(N2CCN3C(=O)CCC3C2)c1. The van der Waals surface area contributed by atoms with Gasteiger partial charge in [0.15, 0.2) is 0 Å². The number of anilines is 2. The summed E-state index contributed by atoms with van der Waals surface area (Å²) in [4.78, 5) is 20.1. The first-order valence-electron chi connectivity index (χ1n) is 6.00. The highest BCUT2D eigenvalue weighted by Crippen LogP contribution is 2.25. The molecule has 2 fully saturated rings. The minimum atomic E-state index is 0.301. The van der Waals surface area contributed by atoms with Gasteiger partial charge >= 0.3 is 0 Å². The van der Waals surface area contributed by atoms with Crippen LogP contribution in [-0.4, -0.2) is 41.5 Å². The van der Waals surface area contributed by atoms with Crippen LogP contribution < -0.4 is 10.6 Å². The first-order valence-corrected chi connectivity index (χ1v) is 6.00. The molecule has 2 N–H and O–H groups in total. The molecule has 17 heavy (non-hydrogen) atoms. The Labute approximate surface area is 100 Å². The number of nitrogens with two attached hydrogens (primary N) is 1. The molecule has 0 saturated carbocycles. The van der Waals surface area contributed by atoms with Gasteiger partial charge in [0, 0.05) is 50.0 Å². The molecule has 1 unspecified atom stereocenters.